The number of phenolic OH excluding ortho intramolecular Hbond substituents is 1. The molecule has 0 radical (unpaired) electrons. The molecule has 17 nitrogen and oxygen atoms in total. The number of nitrogen functional groups attached to an aromatic ring is 1. The minimum atomic E-state index is -0.805. The van der Waals surface area contributed by atoms with Crippen molar-refractivity contribution in [3.8, 4) is 38.6 Å². The van der Waals surface area contributed by atoms with Crippen LogP contribution in [-0.4, -0.2) is 138 Å². The number of nitrogens with zero attached hydrogens (tertiary/aromatic N) is 10. The van der Waals surface area contributed by atoms with Gasteiger partial charge in [-0.3, -0.25) is 19.2 Å². The van der Waals surface area contributed by atoms with Gasteiger partial charge in [-0.1, -0.05) is 55.4 Å². The molecule has 3 fully saturated rings. The molecule has 4 aromatic heterocycles. The minimum absolute atomic E-state index is 0.0801. The van der Waals surface area contributed by atoms with E-state index in [2.05, 4.69) is 47.3 Å². The number of β-amino-alcohol motifs (C(OH)–C–C–N with tert-alkyl or cyclic N) is 1. The summed E-state index contributed by atoms with van der Waals surface area (Å²) in [5.41, 5.74) is 13.9. The average Bonchev–Trinajstić information content (AvgIpc) is 4.20. The first-order valence-corrected chi connectivity index (χ1v) is 25.1. The van der Waals surface area contributed by atoms with E-state index in [1.807, 2.05) is 92.7 Å². The molecular formula is C51H64N12O5S. The summed E-state index contributed by atoms with van der Waals surface area (Å²) in [5, 5.41) is 41.8. The second-order valence-electron chi connectivity index (χ2n) is 19.3. The predicted octanol–water partition coefficient (Wildman–Crippen LogP) is 6.39. The van der Waals surface area contributed by atoms with Gasteiger partial charge in [0.15, 0.2) is 17.4 Å². The van der Waals surface area contributed by atoms with Crippen LogP contribution in [0.15, 0.2) is 83.1 Å². The number of aromatic nitrogens is 6. The number of carbonyl (C=O) groups is 2. The van der Waals surface area contributed by atoms with E-state index in [4.69, 9.17) is 15.4 Å². The number of anilines is 2. The number of hydrogen-bond donors (Lipinski definition) is 4. The molecule has 3 aliphatic rings. The molecule has 5 N–H and O–H groups in total. The van der Waals surface area contributed by atoms with E-state index in [1.165, 1.54) is 4.90 Å². The first-order valence-electron chi connectivity index (χ1n) is 24.2. The Labute approximate surface area is 407 Å². The third-order valence-corrected chi connectivity index (χ3v) is 15.5. The Morgan fingerprint density at radius 2 is 1.64 bits per heavy atom. The van der Waals surface area contributed by atoms with Gasteiger partial charge in [-0.2, -0.15) is 5.10 Å². The van der Waals surface area contributed by atoms with E-state index in [9.17, 15) is 19.8 Å². The third-order valence-electron chi connectivity index (χ3n) is 14.5. The number of amides is 2. The number of piperidine rings is 1. The maximum Gasteiger partial charge on any atom is 0.243 e. The van der Waals surface area contributed by atoms with E-state index >= 15 is 0 Å². The van der Waals surface area contributed by atoms with E-state index in [1.54, 1.807) is 29.5 Å². The fourth-order valence-electron chi connectivity index (χ4n) is 10.2. The van der Waals surface area contributed by atoms with Crippen molar-refractivity contribution in [1.29, 1.82) is 0 Å². The molecule has 0 saturated carbocycles. The van der Waals surface area contributed by atoms with Crippen LogP contribution in [0.25, 0.3) is 32.8 Å². The monoisotopic (exact) mass is 956 g/mol. The normalized spacial score (nSPS) is 19.8. The molecule has 364 valence electrons. The van der Waals surface area contributed by atoms with Gasteiger partial charge >= 0.3 is 0 Å². The van der Waals surface area contributed by atoms with Gasteiger partial charge in [0.25, 0.3) is 0 Å². The van der Waals surface area contributed by atoms with Gasteiger partial charge in [0.05, 0.1) is 46.2 Å². The van der Waals surface area contributed by atoms with Crippen molar-refractivity contribution in [2.24, 2.45) is 11.8 Å². The van der Waals surface area contributed by atoms with Crippen LogP contribution in [0, 0.1) is 18.8 Å². The van der Waals surface area contributed by atoms with Crippen molar-refractivity contribution >= 4 is 34.8 Å². The van der Waals surface area contributed by atoms with E-state index in [-0.39, 0.29) is 48.5 Å². The van der Waals surface area contributed by atoms with E-state index < -0.39 is 18.1 Å². The number of thiazole rings is 1. The van der Waals surface area contributed by atoms with Gasteiger partial charge in [-0.15, -0.1) is 21.5 Å². The smallest absolute Gasteiger partial charge is 0.243 e. The zero-order chi connectivity index (χ0) is 48.3. The van der Waals surface area contributed by atoms with Crippen molar-refractivity contribution in [2.45, 2.75) is 84.0 Å². The molecule has 69 heavy (non-hydrogen) atoms. The number of benzene rings is 2. The summed E-state index contributed by atoms with van der Waals surface area (Å²) in [6.07, 6.45) is 5.40. The molecular weight excluding hydrogens is 893 g/mol. The number of para-hydroxylation sites is 1. The number of aliphatic hydroxyl groups excluding tert-OH is 1. The molecule has 5 atom stereocenters. The molecule has 0 aliphatic carbocycles. The molecule has 0 bridgehead atoms. The molecule has 0 spiro atoms. The Balaban J connectivity index is 0.733. The Bertz CT molecular complexity index is 2700. The quantitative estimate of drug-likeness (QED) is 0.0881. The molecule has 3 saturated heterocycles. The minimum Gasteiger partial charge on any atom is -0.507 e. The molecule has 7 heterocycles. The molecule has 18 heteroatoms. The second kappa shape index (κ2) is 20.8. The number of carbonyl (C=O) groups excluding carboxylic acids is 2. The summed E-state index contributed by atoms with van der Waals surface area (Å²) in [6, 6.07) is 18.0. The van der Waals surface area contributed by atoms with Gasteiger partial charge in [-0.05, 0) is 87.9 Å². The maximum absolute atomic E-state index is 14.3. The molecule has 3 aliphatic heterocycles. The topological polar surface area (TPSA) is 208 Å². The summed E-state index contributed by atoms with van der Waals surface area (Å²) >= 11 is 1.60. The van der Waals surface area contributed by atoms with Crippen molar-refractivity contribution in [3.05, 3.63) is 95.6 Å². The van der Waals surface area contributed by atoms with E-state index in [0.29, 0.717) is 34.6 Å². The third kappa shape index (κ3) is 10.5. The van der Waals surface area contributed by atoms with Crippen LogP contribution in [0.1, 0.15) is 82.0 Å². The summed E-state index contributed by atoms with van der Waals surface area (Å²) in [4.78, 5) is 42.4. The fourth-order valence-corrected chi connectivity index (χ4v) is 11.0. The van der Waals surface area contributed by atoms with Gasteiger partial charge < -0.3 is 40.5 Å². The van der Waals surface area contributed by atoms with Crippen molar-refractivity contribution in [2.75, 3.05) is 69.5 Å². The summed E-state index contributed by atoms with van der Waals surface area (Å²) in [7, 11) is 0. The number of piperazine rings is 1. The van der Waals surface area contributed by atoms with Crippen LogP contribution in [0.4, 0.5) is 11.6 Å². The highest BCUT2D eigenvalue weighted by Gasteiger charge is 2.44. The van der Waals surface area contributed by atoms with Crippen LogP contribution < -0.4 is 16.0 Å². The molecule has 2 amide bonds. The maximum atomic E-state index is 14.3. The second-order valence-corrected chi connectivity index (χ2v) is 20.2. The predicted molar refractivity (Wildman–Crippen MR) is 266 cm³/mol. The first-order chi connectivity index (χ1) is 33.3. The average molecular weight is 957 g/mol. The molecule has 1 unspecified atom stereocenters. The number of aliphatic hydroxyl groups is 1. The highest BCUT2D eigenvalue weighted by molar-refractivity contribution is 7.13. The number of aryl methyl sites for hydroxylation is 1. The van der Waals surface area contributed by atoms with Crippen LogP contribution >= 0.6 is 11.3 Å². The van der Waals surface area contributed by atoms with Crippen molar-refractivity contribution in [3.63, 3.8) is 0 Å². The number of likely N-dealkylation sites (tertiary alicyclic amines) is 2. The molecule has 9 rings (SSSR count). The lowest BCUT2D eigenvalue weighted by Crippen LogP contribution is -2.49. The Morgan fingerprint density at radius 1 is 0.913 bits per heavy atom. The number of nitrogens with one attached hydrogen (secondary N) is 1. The fraction of sp³-hybridized carbons (Fsp3) is 0.471. The Morgan fingerprint density at radius 3 is 2.33 bits per heavy atom. The van der Waals surface area contributed by atoms with Gasteiger partial charge in [-0.25, -0.2) is 4.98 Å². The highest BCUT2D eigenvalue weighted by Crippen LogP contribution is 2.36. The lowest BCUT2D eigenvalue weighted by molar-refractivity contribution is -0.141. The number of hydrogen-bond acceptors (Lipinski definition) is 15. The lowest BCUT2D eigenvalue weighted by atomic mass is 9.90. The van der Waals surface area contributed by atoms with Crippen LogP contribution in [0.3, 0.4) is 0 Å². The van der Waals surface area contributed by atoms with Gasteiger partial charge in [0.2, 0.25) is 11.8 Å². The molecule has 6 aromatic rings. The lowest BCUT2D eigenvalue weighted by Gasteiger charge is -2.38. The number of phenols is 1. The van der Waals surface area contributed by atoms with Gasteiger partial charge in [0, 0.05) is 81.2 Å². The molecule has 2 aromatic carbocycles. The summed E-state index contributed by atoms with van der Waals surface area (Å²) in [5.74, 6) is 0.799. The van der Waals surface area contributed by atoms with Crippen LogP contribution in [0.5, 0.6) is 5.75 Å². The van der Waals surface area contributed by atoms with Crippen molar-refractivity contribution in [1.82, 2.24) is 50.1 Å². The van der Waals surface area contributed by atoms with Crippen LogP contribution in [-0.2, 0) is 9.59 Å². The SMILES string of the molecule is Cc1ncsc1-c1ccc([C@H](C)NC(=O)[C@@H]2C[C@@H](O)CN2C(=O)[C@@H](c2cc(N3CCN(CCN4CCC(C(C)n5cc(-c6cc(-c7ccccc7O)nnc6N)cn5)CC4)CC3)no2)C(C)C)cc1. The number of aromatic hydroxyl groups is 1. The van der Waals surface area contributed by atoms with Gasteiger partial charge in [0.1, 0.15) is 17.7 Å². The van der Waals surface area contributed by atoms with Crippen LogP contribution in [0.2, 0.25) is 0 Å². The van der Waals surface area contributed by atoms with E-state index in [0.717, 1.165) is 98.0 Å². The zero-order valence-electron chi connectivity index (χ0n) is 40.1. The summed E-state index contributed by atoms with van der Waals surface area (Å²) < 4.78 is 7.96. The Kier molecular flexibility index (Phi) is 14.4. The number of rotatable bonds is 15. The first kappa shape index (κ1) is 47.8. The highest BCUT2D eigenvalue weighted by atomic mass is 32.1. The summed E-state index contributed by atoms with van der Waals surface area (Å²) in [6.45, 7) is 17.6. The largest absolute Gasteiger partial charge is 0.507 e. The number of nitrogens with two attached hydrogens (primary N) is 1. The zero-order valence-corrected chi connectivity index (χ0v) is 40.9. The van der Waals surface area contributed by atoms with Crippen molar-refractivity contribution < 1.29 is 24.3 Å². The Hall–Kier alpha value is -6.21. The standard InChI is InChI=1S/C51H64N12O5S/c1-31(2)47(51(67)62-29-39(64)24-43(62)50(66)55-32(3)35-10-12-37(13-11-35)48-33(4)53-30-69-48)45-26-46(58-68-45)61-22-20-60(21-23-61)19-18-59-16-14-36(15-17-59)34(5)63-28-38(27-54-63)41-25-42(56-57-49(41)52)40-8-6-7-9-44(40)65/h6-13,25-28,30-32,34,36,39,43,47,64-65H,14-24,29H2,1-5H3,(H2,52,57)(H,55,66)/t32-,34?,39+,43-,47+/m0/s1.